The number of ether oxygens (including phenoxy) is 2. The quantitative estimate of drug-likeness (QED) is 0.779. The van der Waals surface area contributed by atoms with Crippen LogP contribution in [-0.2, 0) is 11.2 Å². The minimum atomic E-state index is -0.967. The molecule has 0 fully saturated rings. The van der Waals surface area contributed by atoms with Gasteiger partial charge < -0.3 is 19.9 Å². The van der Waals surface area contributed by atoms with Crippen LogP contribution in [0.3, 0.4) is 0 Å². The summed E-state index contributed by atoms with van der Waals surface area (Å²) in [5.41, 5.74) is 4.58. The van der Waals surface area contributed by atoms with Gasteiger partial charge in [0, 0.05) is 7.11 Å². The van der Waals surface area contributed by atoms with Crippen molar-refractivity contribution in [2.24, 2.45) is 0 Å². The Balaban J connectivity index is 1.76. The zero-order valence-electron chi connectivity index (χ0n) is 14.3. The molecule has 25 heavy (non-hydrogen) atoms. The van der Waals surface area contributed by atoms with Crippen molar-refractivity contribution in [3.8, 4) is 16.9 Å². The summed E-state index contributed by atoms with van der Waals surface area (Å²) >= 11 is 0. The van der Waals surface area contributed by atoms with Crippen LogP contribution in [0.15, 0.2) is 42.5 Å². The minimum Gasteiger partial charge on any atom is -0.491 e. The third kappa shape index (κ3) is 4.31. The molecule has 0 bridgehead atoms. The highest BCUT2D eigenvalue weighted by Gasteiger charge is 2.21. The molecule has 5 heteroatoms. The monoisotopic (exact) mass is 341 g/mol. The predicted molar refractivity (Wildman–Crippen MR) is 96.1 cm³/mol. The van der Waals surface area contributed by atoms with E-state index in [0.717, 1.165) is 41.7 Å². The molecule has 132 valence electrons. The van der Waals surface area contributed by atoms with Gasteiger partial charge in [-0.2, -0.15) is 0 Å². The van der Waals surface area contributed by atoms with Gasteiger partial charge in [0.1, 0.15) is 12.4 Å². The van der Waals surface area contributed by atoms with Gasteiger partial charge in [-0.05, 0) is 53.6 Å². The number of amides is 1. The van der Waals surface area contributed by atoms with Crippen LogP contribution < -0.4 is 10.1 Å². The Morgan fingerprint density at radius 2 is 1.92 bits per heavy atom. The molecule has 3 rings (SSSR count). The Bertz CT molecular complexity index is 727. The first kappa shape index (κ1) is 17.3. The van der Waals surface area contributed by atoms with E-state index in [-0.39, 0.29) is 6.04 Å². The van der Waals surface area contributed by atoms with E-state index < -0.39 is 6.09 Å². The van der Waals surface area contributed by atoms with Crippen LogP contribution in [0.25, 0.3) is 11.1 Å². The molecule has 0 radical (unpaired) electrons. The van der Waals surface area contributed by atoms with Crippen LogP contribution in [0, 0.1) is 0 Å². The first-order valence-electron chi connectivity index (χ1n) is 8.52. The number of benzene rings is 2. The molecule has 0 saturated heterocycles. The van der Waals surface area contributed by atoms with Gasteiger partial charge in [-0.15, -0.1) is 0 Å². The first-order valence-corrected chi connectivity index (χ1v) is 8.52. The van der Waals surface area contributed by atoms with Crippen LogP contribution in [-0.4, -0.2) is 31.5 Å². The fourth-order valence-corrected chi connectivity index (χ4v) is 3.28. The molecule has 2 aromatic carbocycles. The smallest absolute Gasteiger partial charge is 0.405 e. The number of aryl methyl sites for hydroxylation is 1. The summed E-state index contributed by atoms with van der Waals surface area (Å²) in [6, 6.07) is 14.2. The van der Waals surface area contributed by atoms with Gasteiger partial charge in [0.05, 0.1) is 12.6 Å². The minimum absolute atomic E-state index is 0.105. The van der Waals surface area contributed by atoms with Crippen LogP contribution in [0.2, 0.25) is 0 Å². The number of carbonyl (C=O) groups is 1. The van der Waals surface area contributed by atoms with Gasteiger partial charge in [-0.1, -0.05) is 30.3 Å². The van der Waals surface area contributed by atoms with Crippen molar-refractivity contribution in [1.29, 1.82) is 0 Å². The maximum atomic E-state index is 11.0. The third-order valence-corrected chi connectivity index (χ3v) is 4.50. The van der Waals surface area contributed by atoms with Crippen LogP contribution in [0.1, 0.15) is 30.0 Å². The van der Waals surface area contributed by atoms with Crippen molar-refractivity contribution in [3.63, 3.8) is 0 Å². The molecule has 0 saturated carbocycles. The van der Waals surface area contributed by atoms with Gasteiger partial charge in [0.15, 0.2) is 0 Å². The molecule has 1 amide bonds. The highest BCUT2D eigenvalue weighted by Crippen LogP contribution is 2.33. The van der Waals surface area contributed by atoms with E-state index in [9.17, 15) is 4.79 Å². The summed E-state index contributed by atoms with van der Waals surface area (Å²) < 4.78 is 10.6. The van der Waals surface area contributed by atoms with Gasteiger partial charge in [0.2, 0.25) is 0 Å². The lowest BCUT2D eigenvalue weighted by molar-refractivity contribution is 0.146. The number of nitrogens with one attached hydrogen (secondary N) is 1. The Morgan fingerprint density at radius 3 is 2.64 bits per heavy atom. The molecule has 1 aliphatic rings. The maximum Gasteiger partial charge on any atom is 0.405 e. The van der Waals surface area contributed by atoms with Gasteiger partial charge in [0.25, 0.3) is 0 Å². The van der Waals surface area contributed by atoms with Gasteiger partial charge in [-0.3, -0.25) is 0 Å². The number of fused-ring (bicyclic) bond motifs is 1. The molecule has 0 aliphatic heterocycles. The zero-order chi connectivity index (χ0) is 17.6. The van der Waals surface area contributed by atoms with Gasteiger partial charge in [-0.25, -0.2) is 4.79 Å². The Morgan fingerprint density at radius 1 is 1.16 bits per heavy atom. The molecule has 1 unspecified atom stereocenters. The lowest BCUT2D eigenvalue weighted by Crippen LogP contribution is -2.29. The van der Waals surface area contributed by atoms with E-state index in [2.05, 4.69) is 17.4 Å². The molecular formula is C20H23NO4. The molecule has 5 nitrogen and oxygen atoms in total. The second-order valence-corrected chi connectivity index (χ2v) is 6.17. The van der Waals surface area contributed by atoms with E-state index in [1.165, 1.54) is 5.56 Å². The SMILES string of the molecule is COCCOc1ccc(-c2ccc3c(c2)CCCC3NC(=O)O)cc1. The van der Waals surface area contributed by atoms with Crippen molar-refractivity contribution in [1.82, 2.24) is 5.32 Å². The van der Waals surface area contributed by atoms with Crippen molar-refractivity contribution < 1.29 is 19.4 Å². The number of rotatable bonds is 6. The third-order valence-electron chi connectivity index (χ3n) is 4.50. The molecule has 1 atom stereocenters. The standard InChI is InChI=1S/C20H23NO4/c1-24-11-12-25-17-8-5-14(6-9-17)15-7-10-18-16(13-15)3-2-4-19(18)21-20(22)23/h5-10,13,19,21H,2-4,11-12H2,1H3,(H,22,23). The van der Waals surface area contributed by atoms with Crippen molar-refractivity contribution in [3.05, 3.63) is 53.6 Å². The lowest BCUT2D eigenvalue weighted by Gasteiger charge is -2.26. The Kier molecular flexibility index (Phi) is 5.56. The molecule has 0 spiro atoms. The van der Waals surface area contributed by atoms with E-state index in [0.29, 0.717) is 13.2 Å². The zero-order valence-corrected chi connectivity index (χ0v) is 14.3. The predicted octanol–water partition coefficient (Wildman–Crippen LogP) is 4.02. The normalized spacial score (nSPS) is 16.1. The average molecular weight is 341 g/mol. The fraction of sp³-hybridized carbons (Fsp3) is 0.350. The van der Waals surface area contributed by atoms with E-state index >= 15 is 0 Å². The Hall–Kier alpha value is -2.53. The average Bonchev–Trinajstić information content (AvgIpc) is 2.62. The molecule has 2 N–H and O–H groups in total. The first-order chi connectivity index (χ1) is 12.2. The molecule has 0 heterocycles. The number of hydrogen-bond donors (Lipinski definition) is 2. The van der Waals surface area contributed by atoms with Crippen LogP contribution in [0.4, 0.5) is 4.79 Å². The van der Waals surface area contributed by atoms with Crippen LogP contribution >= 0.6 is 0 Å². The maximum absolute atomic E-state index is 11.0. The second kappa shape index (κ2) is 8.03. The fourth-order valence-electron chi connectivity index (χ4n) is 3.28. The second-order valence-electron chi connectivity index (χ2n) is 6.17. The summed E-state index contributed by atoms with van der Waals surface area (Å²) in [4.78, 5) is 11.0. The largest absolute Gasteiger partial charge is 0.491 e. The van der Waals surface area contributed by atoms with E-state index in [1.807, 2.05) is 30.3 Å². The highest BCUT2D eigenvalue weighted by atomic mass is 16.5. The van der Waals surface area contributed by atoms with Gasteiger partial charge >= 0.3 is 6.09 Å². The number of carboxylic acid groups (broad SMARTS) is 1. The van der Waals surface area contributed by atoms with Crippen molar-refractivity contribution >= 4 is 6.09 Å². The number of hydrogen-bond acceptors (Lipinski definition) is 3. The molecule has 0 aromatic heterocycles. The van der Waals surface area contributed by atoms with Crippen molar-refractivity contribution in [2.45, 2.75) is 25.3 Å². The summed E-state index contributed by atoms with van der Waals surface area (Å²) in [6.45, 7) is 1.10. The molecular weight excluding hydrogens is 318 g/mol. The summed E-state index contributed by atoms with van der Waals surface area (Å²) in [6.07, 6.45) is 1.87. The highest BCUT2D eigenvalue weighted by molar-refractivity contribution is 5.68. The van der Waals surface area contributed by atoms with E-state index in [1.54, 1.807) is 7.11 Å². The molecule has 2 aromatic rings. The van der Waals surface area contributed by atoms with E-state index in [4.69, 9.17) is 14.6 Å². The van der Waals surface area contributed by atoms with Crippen molar-refractivity contribution in [2.75, 3.05) is 20.3 Å². The molecule has 1 aliphatic carbocycles. The summed E-state index contributed by atoms with van der Waals surface area (Å²) in [5, 5.41) is 11.6. The lowest BCUT2D eigenvalue weighted by atomic mass is 9.86. The Labute approximate surface area is 147 Å². The topological polar surface area (TPSA) is 67.8 Å². The summed E-state index contributed by atoms with van der Waals surface area (Å²) in [7, 11) is 1.65. The number of methoxy groups -OCH3 is 1. The van der Waals surface area contributed by atoms with Crippen LogP contribution in [0.5, 0.6) is 5.75 Å². The summed E-state index contributed by atoms with van der Waals surface area (Å²) in [5.74, 6) is 0.824.